The van der Waals surface area contributed by atoms with Crippen LogP contribution in [0.1, 0.15) is 29.5 Å². The Bertz CT molecular complexity index is 399. The number of aromatic nitrogens is 1. The van der Waals surface area contributed by atoms with Gasteiger partial charge in [-0.05, 0) is 12.8 Å². The van der Waals surface area contributed by atoms with E-state index < -0.39 is 6.04 Å². The maximum Gasteiger partial charge on any atom is 0.239 e. The number of amides is 1. The van der Waals surface area contributed by atoms with Crippen molar-refractivity contribution in [3.05, 3.63) is 16.1 Å². The first-order chi connectivity index (χ1) is 8.20. The van der Waals surface area contributed by atoms with E-state index in [1.165, 1.54) is 25.6 Å². The van der Waals surface area contributed by atoms with Crippen molar-refractivity contribution in [2.75, 3.05) is 13.7 Å². The predicted molar refractivity (Wildman–Crippen MR) is 80.3 cm³/mol. The Labute approximate surface area is 129 Å². The Balaban J connectivity index is 0.00000162. The molecule has 1 atom stereocenters. The number of halogens is 2. The highest BCUT2D eigenvalue weighted by Gasteiger charge is 2.26. The minimum Gasteiger partial charge on any atom is -0.383 e. The van der Waals surface area contributed by atoms with Gasteiger partial charge in [-0.15, -0.1) is 36.2 Å². The molecule has 3 N–H and O–H groups in total. The predicted octanol–water partition coefficient (Wildman–Crippen LogP) is 1.45. The molecule has 1 heterocycles. The maximum atomic E-state index is 11.5. The van der Waals surface area contributed by atoms with Crippen molar-refractivity contribution >= 4 is 42.1 Å². The fourth-order valence-electron chi connectivity index (χ4n) is 1.52. The lowest BCUT2D eigenvalue weighted by atomic mass is 10.3. The molecule has 1 aliphatic carbocycles. The zero-order chi connectivity index (χ0) is 12.3. The SMILES string of the molecule is COCC(N)C(=O)NCc1nc(C2CC2)cs1.Cl.Cl. The Morgan fingerprint density at radius 1 is 1.63 bits per heavy atom. The van der Waals surface area contributed by atoms with Gasteiger partial charge in [-0.25, -0.2) is 4.98 Å². The third-order valence-corrected chi connectivity index (χ3v) is 3.53. The third kappa shape index (κ3) is 5.62. The van der Waals surface area contributed by atoms with Crippen LogP contribution in [-0.4, -0.2) is 30.6 Å². The van der Waals surface area contributed by atoms with Gasteiger partial charge in [0.15, 0.2) is 0 Å². The minimum absolute atomic E-state index is 0. The molecule has 1 aromatic rings. The lowest BCUT2D eigenvalue weighted by molar-refractivity contribution is -0.123. The zero-order valence-corrected chi connectivity index (χ0v) is 13.1. The van der Waals surface area contributed by atoms with Gasteiger partial charge in [0.2, 0.25) is 5.91 Å². The van der Waals surface area contributed by atoms with Crippen molar-refractivity contribution < 1.29 is 9.53 Å². The highest BCUT2D eigenvalue weighted by molar-refractivity contribution is 7.09. The van der Waals surface area contributed by atoms with Crippen molar-refractivity contribution in [2.45, 2.75) is 31.3 Å². The highest BCUT2D eigenvalue weighted by Crippen LogP contribution is 2.40. The Hall–Kier alpha value is -0.400. The molecule has 0 aliphatic heterocycles. The van der Waals surface area contributed by atoms with Gasteiger partial charge in [-0.1, -0.05) is 0 Å². The van der Waals surface area contributed by atoms with Crippen LogP contribution in [0.5, 0.6) is 0 Å². The second kappa shape index (κ2) is 8.71. The number of hydrogen-bond donors (Lipinski definition) is 2. The molecule has 8 heteroatoms. The average Bonchev–Trinajstić information content (AvgIpc) is 3.06. The second-order valence-electron chi connectivity index (χ2n) is 4.22. The number of nitrogens with zero attached hydrogens (tertiary/aromatic N) is 1. The average molecular weight is 328 g/mol. The molecule has 5 nitrogen and oxygen atoms in total. The van der Waals surface area contributed by atoms with Gasteiger partial charge in [-0.2, -0.15) is 0 Å². The van der Waals surface area contributed by atoms with E-state index in [1.54, 1.807) is 11.3 Å². The number of ether oxygens (including phenoxy) is 1. The van der Waals surface area contributed by atoms with E-state index in [9.17, 15) is 4.79 Å². The number of hydrogen-bond acceptors (Lipinski definition) is 5. The molecule has 0 aromatic carbocycles. The highest BCUT2D eigenvalue weighted by atomic mass is 35.5. The first kappa shape index (κ1) is 18.6. The lowest BCUT2D eigenvalue weighted by Gasteiger charge is -2.09. The fraction of sp³-hybridized carbons (Fsp3) is 0.636. The zero-order valence-electron chi connectivity index (χ0n) is 10.6. The van der Waals surface area contributed by atoms with Crippen LogP contribution in [0.15, 0.2) is 5.38 Å². The van der Waals surface area contributed by atoms with E-state index in [4.69, 9.17) is 10.5 Å². The first-order valence-electron chi connectivity index (χ1n) is 5.67. The van der Waals surface area contributed by atoms with Crippen LogP contribution in [0.25, 0.3) is 0 Å². The molecule has 1 fully saturated rings. The van der Waals surface area contributed by atoms with E-state index in [0.717, 1.165) is 5.01 Å². The van der Waals surface area contributed by atoms with Crippen LogP contribution in [-0.2, 0) is 16.1 Å². The summed E-state index contributed by atoms with van der Waals surface area (Å²) >= 11 is 1.59. The van der Waals surface area contributed by atoms with E-state index in [0.29, 0.717) is 12.5 Å². The molecule has 1 amide bonds. The summed E-state index contributed by atoms with van der Waals surface area (Å²) in [5, 5.41) is 5.77. The molecule has 0 bridgehead atoms. The minimum atomic E-state index is -0.608. The van der Waals surface area contributed by atoms with E-state index in [1.807, 2.05) is 0 Å². The quantitative estimate of drug-likeness (QED) is 0.829. The largest absolute Gasteiger partial charge is 0.383 e. The van der Waals surface area contributed by atoms with Crippen molar-refractivity contribution in [2.24, 2.45) is 5.73 Å². The number of thiazole rings is 1. The second-order valence-corrected chi connectivity index (χ2v) is 5.16. The fourth-order valence-corrected chi connectivity index (χ4v) is 2.34. The molecule has 0 radical (unpaired) electrons. The summed E-state index contributed by atoms with van der Waals surface area (Å²) in [5.74, 6) is 0.460. The molecule has 1 saturated carbocycles. The maximum absolute atomic E-state index is 11.5. The Morgan fingerprint density at radius 2 is 2.32 bits per heavy atom. The molecule has 110 valence electrons. The van der Waals surface area contributed by atoms with E-state index in [-0.39, 0.29) is 37.3 Å². The summed E-state index contributed by atoms with van der Waals surface area (Å²) in [4.78, 5) is 16.0. The number of methoxy groups -OCH3 is 1. The molecule has 0 saturated heterocycles. The Kier molecular flexibility index (Phi) is 8.52. The third-order valence-electron chi connectivity index (χ3n) is 2.66. The summed E-state index contributed by atoms with van der Waals surface area (Å²) < 4.78 is 4.82. The molecule has 0 spiro atoms. The van der Waals surface area contributed by atoms with E-state index >= 15 is 0 Å². The van der Waals surface area contributed by atoms with Crippen molar-refractivity contribution in [1.82, 2.24) is 10.3 Å². The molecule has 2 rings (SSSR count). The van der Waals surface area contributed by atoms with Gasteiger partial charge in [0.1, 0.15) is 11.0 Å². The summed E-state index contributed by atoms with van der Waals surface area (Å²) in [6, 6.07) is -0.608. The van der Waals surface area contributed by atoms with Gasteiger partial charge in [-0.3, -0.25) is 4.79 Å². The van der Waals surface area contributed by atoms with Crippen LogP contribution >= 0.6 is 36.2 Å². The number of rotatable bonds is 6. The van der Waals surface area contributed by atoms with Gasteiger partial charge < -0.3 is 15.8 Å². The van der Waals surface area contributed by atoms with Gasteiger partial charge in [0.05, 0.1) is 18.8 Å². The van der Waals surface area contributed by atoms with Crippen molar-refractivity contribution in [3.63, 3.8) is 0 Å². The lowest BCUT2D eigenvalue weighted by Crippen LogP contribution is -2.43. The van der Waals surface area contributed by atoms with Crippen LogP contribution in [0.3, 0.4) is 0 Å². The summed E-state index contributed by atoms with van der Waals surface area (Å²) in [6.07, 6.45) is 2.49. The van der Waals surface area contributed by atoms with E-state index in [2.05, 4.69) is 15.7 Å². The topological polar surface area (TPSA) is 77.2 Å². The Morgan fingerprint density at radius 3 is 2.89 bits per heavy atom. The molecular formula is C11H19Cl2N3O2S. The smallest absolute Gasteiger partial charge is 0.239 e. The number of carbonyl (C=O) groups excluding carboxylic acids is 1. The number of nitrogens with two attached hydrogens (primary N) is 1. The van der Waals surface area contributed by atoms with Crippen molar-refractivity contribution in [3.8, 4) is 0 Å². The summed E-state index contributed by atoms with van der Waals surface area (Å²) in [5.41, 5.74) is 6.77. The van der Waals surface area contributed by atoms with Crippen LogP contribution < -0.4 is 11.1 Å². The van der Waals surface area contributed by atoms with Gasteiger partial charge >= 0.3 is 0 Å². The summed E-state index contributed by atoms with van der Waals surface area (Å²) in [7, 11) is 1.52. The van der Waals surface area contributed by atoms with Crippen LogP contribution in [0.2, 0.25) is 0 Å². The molecule has 1 unspecified atom stereocenters. The molecule has 19 heavy (non-hydrogen) atoms. The van der Waals surface area contributed by atoms with Gasteiger partial charge in [0.25, 0.3) is 0 Å². The first-order valence-corrected chi connectivity index (χ1v) is 6.55. The van der Waals surface area contributed by atoms with Crippen LogP contribution in [0, 0.1) is 0 Å². The standard InChI is InChI=1S/C11H17N3O2S.2ClH/c1-16-5-8(12)11(15)13-4-10-14-9(6-17-10)7-2-3-7;;/h6-8H,2-5,12H2,1H3,(H,13,15);2*1H. The molecule has 1 aliphatic rings. The van der Waals surface area contributed by atoms with Gasteiger partial charge in [0, 0.05) is 18.4 Å². The number of nitrogens with one attached hydrogen (secondary N) is 1. The monoisotopic (exact) mass is 327 g/mol. The normalized spacial score (nSPS) is 15.1. The van der Waals surface area contributed by atoms with Crippen molar-refractivity contribution in [1.29, 1.82) is 0 Å². The van der Waals surface area contributed by atoms with Crippen LogP contribution in [0.4, 0.5) is 0 Å². The molecular weight excluding hydrogens is 309 g/mol. The molecule has 1 aromatic heterocycles. The number of carbonyl (C=O) groups is 1. The summed E-state index contributed by atoms with van der Waals surface area (Å²) in [6.45, 7) is 0.685.